The number of aldehydes is 1. The summed E-state index contributed by atoms with van der Waals surface area (Å²) in [6.07, 6.45) is -0.267. The van der Waals surface area contributed by atoms with E-state index in [1.807, 2.05) is 4.90 Å². The van der Waals surface area contributed by atoms with Crippen LogP contribution in [0.25, 0.3) is 0 Å². The van der Waals surface area contributed by atoms with Crippen molar-refractivity contribution in [1.29, 1.82) is 0 Å². The normalized spacial score (nSPS) is 15.1. The number of hydrogen-bond acceptors (Lipinski definition) is 5. The Labute approximate surface area is 104 Å². The minimum atomic E-state index is -0.946. The number of aromatic nitrogens is 2. The quantitative estimate of drug-likeness (QED) is 0.781. The van der Waals surface area contributed by atoms with E-state index in [9.17, 15) is 9.59 Å². The summed E-state index contributed by atoms with van der Waals surface area (Å²) in [6, 6.07) is 1.56. The number of rotatable bonds is 3. The molecule has 1 fully saturated rings. The summed E-state index contributed by atoms with van der Waals surface area (Å²) in [5.74, 6) is 0.479. The van der Waals surface area contributed by atoms with Gasteiger partial charge in [-0.15, -0.1) is 0 Å². The molecule has 7 nitrogen and oxygen atoms in total. The number of carboxylic acid groups (broad SMARTS) is 1. The minimum absolute atomic E-state index is 0.0497. The molecular weight excluding hydrogens is 236 g/mol. The summed E-state index contributed by atoms with van der Waals surface area (Å²) in [7, 11) is 1.54. The molecule has 0 bridgehead atoms. The Balaban J connectivity index is 2.06. The summed E-state index contributed by atoms with van der Waals surface area (Å²) in [6.45, 7) is 2.88. The standard InChI is InChI=1S/C11H14N4O3/c1-7-3-8(6-16)13-10(12-7)15-4-9(5-15)14(2)11(17)18/h3,6,9H,4-5H2,1-2H3,(H,17,18). The van der Waals surface area contributed by atoms with Crippen molar-refractivity contribution in [2.75, 3.05) is 25.0 Å². The van der Waals surface area contributed by atoms with Crippen molar-refractivity contribution in [3.63, 3.8) is 0 Å². The molecule has 2 heterocycles. The van der Waals surface area contributed by atoms with Gasteiger partial charge in [0.2, 0.25) is 5.95 Å². The van der Waals surface area contributed by atoms with Crippen LogP contribution in [0.15, 0.2) is 6.07 Å². The molecule has 0 spiro atoms. The molecule has 96 valence electrons. The lowest BCUT2D eigenvalue weighted by atomic mass is 10.1. The molecule has 0 radical (unpaired) electrons. The number of carbonyl (C=O) groups is 2. The Hall–Kier alpha value is -2.18. The van der Waals surface area contributed by atoms with Gasteiger partial charge in [-0.3, -0.25) is 4.79 Å². The van der Waals surface area contributed by atoms with Crippen molar-refractivity contribution >= 4 is 18.3 Å². The minimum Gasteiger partial charge on any atom is -0.465 e. The van der Waals surface area contributed by atoms with Crippen LogP contribution in [0.5, 0.6) is 0 Å². The Bertz CT molecular complexity index is 485. The topological polar surface area (TPSA) is 86.6 Å². The summed E-state index contributed by atoms with van der Waals surface area (Å²) in [5, 5.41) is 8.83. The van der Waals surface area contributed by atoms with Crippen LogP contribution in [0.4, 0.5) is 10.7 Å². The van der Waals surface area contributed by atoms with Gasteiger partial charge in [0.15, 0.2) is 6.29 Å². The highest BCUT2D eigenvalue weighted by molar-refractivity contribution is 5.72. The second-order valence-electron chi connectivity index (χ2n) is 4.30. The number of nitrogens with zero attached hydrogens (tertiary/aromatic N) is 4. The van der Waals surface area contributed by atoms with Crippen molar-refractivity contribution in [2.24, 2.45) is 0 Å². The first-order valence-corrected chi connectivity index (χ1v) is 5.53. The highest BCUT2D eigenvalue weighted by Crippen LogP contribution is 2.20. The summed E-state index contributed by atoms with van der Waals surface area (Å²) < 4.78 is 0. The maximum absolute atomic E-state index is 10.8. The number of hydrogen-bond donors (Lipinski definition) is 1. The van der Waals surface area contributed by atoms with Crippen LogP contribution in [-0.2, 0) is 0 Å². The van der Waals surface area contributed by atoms with Crippen LogP contribution in [0.1, 0.15) is 16.2 Å². The molecular formula is C11H14N4O3. The van der Waals surface area contributed by atoms with E-state index in [-0.39, 0.29) is 6.04 Å². The molecule has 1 aromatic rings. The predicted molar refractivity (Wildman–Crippen MR) is 63.9 cm³/mol. The predicted octanol–water partition coefficient (Wildman–Crippen LogP) is 0.396. The Morgan fingerprint density at radius 2 is 2.22 bits per heavy atom. The van der Waals surface area contributed by atoms with Gasteiger partial charge in [-0.05, 0) is 13.0 Å². The Morgan fingerprint density at radius 3 is 2.78 bits per heavy atom. The number of likely N-dealkylation sites (N-methyl/N-ethyl adjacent to an activating group) is 1. The first-order valence-electron chi connectivity index (χ1n) is 5.53. The fourth-order valence-corrected chi connectivity index (χ4v) is 1.80. The molecule has 1 saturated heterocycles. The largest absolute Gasteiger partial charge is 0.465 e. The average molecular weight is 250 g/mol. The maximum atomic E-state index is 10.8. The highest BCUT2D eigenvalue weighted by atomic mass is 16.4. The summed E-state index contributed by atoms with van der Waals surface area (Å²) in [5.41, 5.74) is 1.06. The van der Waals surface area contributed by atoms with Gasteiger partial charge in [-0.1, -0.05) is 0 Å². The van der Waals surface area contributed by atoms with Gasteiger partial charge in [0, 0.05) is 25.8 Å². The lowest BCUT2D eigenvalue weighted by Gasteiger charge is -2.42. The molecule has 0 aliphatic carbocycles. The monoisotopic (exact) mass is 250 g/mol. The molecule has 0 aromatic carbocycles. The van der Waals surface area contributed by atoms with Gasteiger partial charge < -0.3 is 14.9 Å². The number of anilines is 1. The van der Waals surface area contributed by atoms with Crippen LogP contribution in [0, 0.1) is 6.92 Å². The number of amides is 1. The summed E-state index contributed by atoms with van der Waals surface area (Å²) >= 11 is 0. The smallest absolute Gasteiger partial charge is 0.407 e. The van der Waals surface area contributed by atoms with E-state index in [2.05, 4.69) is 9.97 Å². The van der Waals surface area contributed by atoms with E-state index >= 15 is 0 Å². The zero-order chi connectivity index (χ0) is 13.3. The molecule has 2 rings (SSSR count). The zero-order valence-electron chi connectivity index (χ0n) is 10.2. The van der Waals surface area contributed by atoms with E-state index in [4.69, 9.17) is 5.11 Å². The molecule has 0 atom stereocenters. The van der Waals surface area contributed by atoms with E-state index in [0.29, 0.717) is 31.0 Å². The van der Waals surface area contributed by atoms with E-state index < -0.39 is 6.09 Å². The van der Waals surface area contributed by atoms with Crippen LogP contribution in [0.3, 0.4) is 0 Å². The van der Waals surface area contributed by atoms with Crippen LogP contribution >= 0.6 is 0 Å². The highest BCUT2D eigenvalue weighted by Gasteiger charge is 2.34. The molecule has 1 aliphatic rings. The van der Waals surface area contributed by atoms with E-state index in [1.54, 1.807) is 13.0 Å². The third kappa shape index (κ3) is 2.24. The van der Waals surface area contributed by atoms with E-state index in [1.165, 1.54) is 11.9 Å². The van der Waals surface area contributed by atoms with Crippen LogP contribution < -0.4 is 4.90 Å². The van der Waals surface area contributed by atoms with Crippen molar-refractivity contribution < 1.29 is 14.7 Å². The molecule has 1 amide bonds. The van der Waals surface area contributed by atoms with Crippen molar-refractivity contribution in [1.82, 2.24) is 14.9 Å². The SMILES string of the molecule is Cc1cc(C=O)nc(N2CC(N(C)C(=O)O)C2)n1. The third-order valence-corrected chi connectivity index (χ3v) is 2.98. The number of carbonyl (C=O) groups excluding carboxylic acids is 1. The molecule has 7 heteroatoms. The third-order valence-electron chi connectivity index (χ3n) is 2.98. The Kier molecular flexibility index (Phi) is 3.14. The van der Waals surface area contributed by atoms with Gasteiger partial charge in [0.25, 0.3) is 0 Å². The van der Waals surface area contributed by atoms with Crippen molar-refractivity contribution in [3.8, 4) is 0 Å². The molecule has 1 aliphatic heterocycles. The molecule has 0 unspecified atom stereocenters. The van der Waals surface area contributed by atoms with Gasteiger partial charge in [0.1, 0.15) is 5.69 Å². The van der Waals surface area contributed by atoms with Crippen LogP contribution in [-0.4, -0.2) is 58.5 Å². The first kappa shape index (κ1) is 12.3. The molecule has 1 N–H and O–H groups in total. The first-order chi connectivity index (χ1) is 8.51. The van der Waals surface area contributed by atoms with E-state index in [0.717, 1.165) is 5.69 Å². The lowest BCUT2D eigenvalue weighted by Crippen LogP contribution is -2.60. The fraction of sp³-hybridized carbons (Fsp3) is 0.455. The van der Waals surface area contributed by atoms with Crippen molar-refractivity contribution in [2.45, 2.75) is 13.0 Å². The second-order valence-corrected chi connectivity index (χ2v) is 4.30. The zero-order valence-corrected chi connectivity index (χ0v) is 10.2. The maximum Gasteiger partial charge on any atom is 0.407 e. The van der Waals surface area contributed by atoms with Gasteiger partial charge in [-0.25, -0.2) is 14.8 Å². The van der Waals surface area contributed by atoms with Gasteiger partial charge in [-0.2, -0.15) is 0 Å². The second kappa shape index (κ2) is 4.59. The van der Waals surface area contributed by atoms with Gasteiger partial charge in [0.05, 0.1) is 6.04 Å². The number of aryl methyl sites for hydroxylation is 1. The fourth-order valence-electron chi connectivity index (χ4n) is 1.80. The molecule has 0 saturated carbocycles. The molecule has 1 aromatic heterocycles. The van der Waals surface area contributed by atoms with Crippen LogP contribution in [0.2, 0.25) is 0 Å². The van der Waals surface area contributed by atoms with Gasteiger partial charge >= 0.3 is 6.09 Å². The Morgan fingerprint density at radius 1 is 1.56 bits per heavy atom. The summed E-state index contributed by atoms with van der Waals surface area (Å²) in [4.78, 5) is 32.9. The average Bonchev–Trinajstić information content (AvgIpc) is 2.25. The lowest BCUT2D eigenvalue weighted by molar-refractivity contribution is 0.111. The van der Waals surface area contributed by atoms with Crippen molar-refractivity contribution in [3.05, 3.63) is 17.5 Å². The molecule has 18 heavy (non-hydrogen) atoms.